The molecule has 0 spiro atoms. The number of aromatic nitrogens is 3. The molecule has 1 unspecified atom stereocenters. The predicted molar refractivity (Wildman–Crippen MR) is 122 cm³/mol. The van der Waals surface area contributed by atoms with Crippen LogP contribution in [-0.4, -0.2) is 20.8 Å². The molecule has 30 heavy (non-hydrogen) atoms. The van der Waals surface area contributed by atoms with Gasteiger partial charge in [0.25, 0.3) is 0 Å². The molecule has 0 aliphatic heterocycles. The summed E-state index contributed by atoms with van der Waals surface area (Å²) in [6, 6.07) is 25.6. The largest absolute Gasteiger partial charge is 0.310 e. The smallest absolute Gasteiger partial charge is 0.0983 e. The Kier molecular flexibility index (Phi) is 6.68. The molecule has 0 amide bonds. The van der Waals surface area contributed by atoms with Crippen LogP contribution in [0.3, 0.4) is 0 Å². The molecule has 2 aromatic heterocycles. The van der Waals surface area contributed by atoms with Crippen LogP contribution in [0.25, 0.3) is 11.3 Å². The summed E-state index contributed by atoms with van der Waals surface area (Å²) in [6.07, 6.45) is 8.03. The lowest BCUT2D eigenvalue weighted by Gasteiger charge is -2.13. The van der Waals surface area contributed by atoms with Gasteiger partial charge < -0.3 is 5.32 Å². The molecule has 4 heteroatoms. The number of nitrogens with one attached hydrogen (secondary N) is 1. The molecular weight excluding hydrogens is 368 g/mol. The molecule has 0 aliphatic rings. The van der Waals surface area contributed by atoms with Crippen molar-refractivity contribution >= 4 is 0 Å². The van der Waals surface area contributed by atoms with Crippen LogP contribution < -0.4 is 5.32 Å². The Bertz CT molecular complexity index is 1030. The van der Waals surface area contributed by atoms with Crippen molar-refractivity contribution in [2.24, 2.45) is 0 Å². The summed E-state index contributed by atoms with van der Waals surface area (Å²) < 4.78 is 2.03. The van der Waals surface area contributed by atoms with Gasteiger partial charge in [0.1, 0.15) is 0 Å². The number of hydrogen-bond acceptors (Lipinski definition) is 3. The molecule has 4 rings (SSSR count). The van der Waals surface area contributed by atoms with E-state index in [1.807, 2.05) is 23.0 Å². The molecule has 1 N–H and O–H groups in total. The highest BCUT2D eigenvalue weighted by Gasteiger charge is 2.13. The quantitative estimate of drug-likeness (QED) is 0.428. The van der Waals surface area contributed by atoms with E-state index >= 15 is 0 Å². The Morgan fingerprint density at radius 1 is 0.900 bits per heavy atom. The fourth-order valence-corrected chi connectivity index (χ4v) is 3.60. The number of aryl methyl sites for hydroxylation is 1. The normalized spacial score (nSPS) is 12.0. The second-order valence-electron chi connectivity index (χ2n) is 7.73. The predicted octanol–water partition coefficient (Wildman–Crippen LogP) is 5.10. The van der Waals surface area contributed by atoms with Gasteiger partial charge >= 0.3 is 0 Å². The standard InChI is InChI=1S/C26H28N4/c1-21(14-15-22-9-4-2-5-10-22)28-18-25-20-30(19-23-11-6-3-7-12-23)29-26(25)24-13-8-16-27-17-24/h2-13,16-17,20-21,28H,14-15,18-19H2,1H3. The average Bonchev–Trinajstić information content (AvgIpc) is 3.21. The highest BCUT2D eigenvalue weighted by molar-refractivity contribution is 5.61. The van der Waals surface area contributed by atoms with Gasteiger partial charge in [0.2, 0.25) is 0 Å². The molecule has 0 radical (unpaired) electrons. The first-order valence-corrected chi connectivity index (χ1v) is 10.6. The number of rotatable bonds is 9. The van der Waals surface area contributed by atoms with Crippen molar-refractivity contribution in [2.75, 3.05) is 0 Å². The van der Waals surface area contributed by atoms with Crippen LogP contribution in [0.1, 0.15) is 30.0 Å². The first kappa shape index (κ1) is 20.0. The van der Waals surface area contributed by atoms with Gasteiger partial charge in [-0.05, 0) is 43.0 Å². The van der Waals surface area contributed by atoms with Gasteiger partial charge in [0.05, 0.1) is 12.2 Å². The van der Waals surface area contributed by atoms with E-state index in [9.17, 15) is 0 Å². The van der Waals surface area contributed by atoms with Gasteiger partial charge in [-0.2, -0.15) is 5.10 Å². The molecule has 0 bridgehead atoms. The summed E-state index contributed by atoms with van der Waals surface area (Å²) in [5, 5.41) is 8.57. The maximum Gasteiger partial charge on any atom is 0.0983 e. The topological polar surface area (TPSA) is 42.7 Å². The molecule has 0 saturated carbocycles. The second kappa shape index (κ2) is 9.99. The van der Waals surface area contributed by atoms with Gasteiger partial charge in [-0.25, -0.2) is 0 Å². The van der Waals surface area contributed by atoms with E-state index in [4.69, 9.17) is 5.10 Å². The number of benzene rings is 2. The Labute approximate surface area is 178 Å². The first-order valence-electron chi connectivity index (χ1n) is 10.6. The first-order chi connectivity index (χ1) is 14.8. The van der Waals surface area contributed by atoms with E-state index in [0.29, 0.717) is 6.04 Å². The third-order valence-corrected chi connectivity index (χ3v) is 5.31. The summed E-state index contributed by atoms with van der Waals surface area (Å²) in [6.45, 7) is 3.80. The third kappa shape index (κ3) is 5.43. The monoisotopic (exact) mass is 396 g/mol. The minimum atomic E-state index is 0.421. The Balaban J connectivity index is 1.45. The molecular formula is C26H28N4. The van der Waals surface area contributed by atoms with Crippen molar-refractivity contribution in [3.63, 3.8) is 0 Å². The van der Waals surface area contributed by atoms with Crippen LogP contribution in [0.2, 0.25) is 0 Å². The van der Waals surface area contributed by atoms with Gasteiger partial charge in [-0.1, -0.05) is 60.7 Å². The van der Waals surface area contributed by atoms with Crippen LogP contribution in [0.15, 0.2) is 91.4 Å². The molecule has 0 aliphatic carbocycles. The lowest BCUT2D eigenvalue weighted by molar-refractivity contribution is 0.514. The van der Waals surface area contributed by atoms with Crippen molar-refractivity contribution in [1.82, 2.24) is 20.1 Å². The number of pyridine rings is 1. The average molecular weight is 397 g/mol. The summed E-state index contributed by atoms with van der Waals surface area (Å²) in [5.74, 6) is 0. The summed E-state index contributed by atoms with van der Waals surface area (Å²) in [4.78, 5) is 4.28. The zero-order chi connectivity index (χ0) is 20.6. The Hall–Kier alpha value is -3.24. The molecule has 0 saturated heterocycles. The fraction of sp³-hybridized carbons (Fsp3) is 0.231. The van der Waals surface area contributed by atoms with Crippen molar-refractivity contribution in [3.05, 3.63) is 108 Å². The maximum absolute atomic E-state index is 4.88. The molecule has 2 aromatic carbocycles. The minimum Gasteiger partial charge on any atom is -0.310 e. The van der Waals surface area contributed by atoms with Gasteiger partial charge in [0, 0.05) is 42.3 Å². The van der Waals surface area contributed by atoms with Crippen molar-refractivity contribution in [1.29, 1.82) is 0 Å². The minimum absolute atomic E-state index is 0.421. The lowest BCUT2D eigenvalue weighted by atomic mass is 10.1. The van der Waals surface area contributed by atoms with E-state index < -0.39 is 0 Å². The Morgan fingerprint density at radius 2 is 1.63 bits per heavy atom. The summed E-state index contributed by atoms with van der Waals surface area (Å²) >= 11 is 0. The highest BCUT2D eigenvalue weighted by Crippen LogP contribution is 2.22. The van der Waals surface area contributed by atoms with Crippen molar-refractivity contribution in [2.45, 2.75) is 38.9 Å². The highest BCUT2D eigenvalue weighted by atomic mass is 15.3. The van der Waals surface area contributed by atoms with Gasteiger partial charge in [-0.15, -0.1) is 0 Å². The summed E-state index contributed by atoms with van der Waals surface area (Å²) in [7, 11) is 0. The maximum atomic E-state index is 4.88. The zero-order valence-corrected chi connectivity index (χ0v) is 17.4. The van der Waals surface area contributed by atoms with E-state index in [0.717, 1.165) is 37.2 Å². The van der Waals surface area contributed by atoms with E-state index in [1.165, 1.54) is 16.7 Å². The van der Waals surface area contributed by atoms with E-state index in [-0.39, 0.29) is 0 Å². The molecule has 4 nitrogen and oxygen atoms in total. The van der Waals surface area contributed by atoms with E-state index in [1.54, 1.807) is 6.20 Å². The van der Waals surface area contributed by atoms with Gasteiger partial charge in [-0.3, -0.25) is 9.67 Å². The molecule has 2 heterocycles. The van der Waals surface area contributed by atoms with Gasteiger partial charge in [0.15, 0.2) is 0 Å². The number of nitrogens with zero attached hydrogens (tertiary/aromatic N) is 3. The summed E-state index contributed by atoms with van der Waals surface area (Å²) in [5.41, 5.74) is 5.89. The van der Waals surface area contributed by atoms with Crippen LogP contribution in [0.4, 0.5) is 0 Å². The second-order valence-corrected chi connectivity index (χ2v) is 7.73. The van der Waals surface area contributed by atoms with Crippen LogP contribution in [0.5, 0.6) is 0 Å². The van der Waals surface area contributed by atoms with E-state index in [2.05, 4.69) is 84.1 Å². The van der Waals surface area contributed by atoms with Crippen molar-refractivity contribution < 1.29 is 0 Å². The molecule has 1 atom stereocenters. The Morgan fingerprint density at radius 3 is 2.33 bits per heavy atom. The molecule has 4 aromatic rings. The SMILES string of the molecule is CC(CCc1ccccc1)NCc1cn(Cc2ccccc2)nc1-c1cccnc1. The zero-order valence-electron chi connectivity index (χ0n) is 17.4. The van der Waals surface area contributed by atoms with Crippen molar-refractivity contribution in [3.8, 4) is 11.3 Å². The molecule has 0 fully saturated rings. The number of hydrogen-bond donors (Lipinski definition) is 1. The molecule has 152 valence electrons. The third-order valence-electron chi connectivity index (χ3n) is 5.31. The fourth-order valence-electron chi connectivity index (χ4n) is 3.60. The van der Waals surface area contributed by atoms with Crippen LogP contribution in [-0.2, 0) is 19.5 Å². The van der Waals surface area contributed by atoms with Crippen LogP contribution in [0, 0.1) is 0 Å². The van der Waals surface area contributed by atoms with Crippen LogP contribution >= 0.6 is 0 Å². The lowest BCUT2D eigenvalue weighted by Crippen LogP contribution is -2.26.